The summed E-state index contributed by atoms with van der Waals surface area (Å²) in [5, 5.41) is 1.06. The van der Waals surface area contributed by atoms with E-state index < -0.39 is 0 Å². The molecule has 0 bridgehead atoms. The number of halogens is 3. The first-order valence-electron chi connectivity index (χ1n) is 2.01. The molecule has 0 fully saturated rings. The van der Waals surface area contributed by atoms with E-state index in [9.17, 15) is 0 Å². The van der Waals surface area contributed by atoms with Crippen LogP contribution in [0.2, 0.25) is 0 Å². The largest absolute Gasteiger partial charge is 0.125 e. The normalized spacial score (nSPS) is 6.86. The van der Waals surface area contributed by atoms with Gasteiger partial charge in [-0.05, 0) is 0 Å². The highest BCUT2D eigenvalue weighted by Crippen LogP contribution is 1.75. The molecule has 0 unspecified atom stereocenters. The Morgan fingerprint density at radius 1 is 1.29 bits per heavy atom. The summed E-state index contributed by atoms with van der Waals surface area (Å²) in [6.45, 7) is 2.04. The lowest BCUT2D eigenvalue weighted by Crippen LogP contribution is -1.63. The van der Waals surface area contributed by atoms with E-state index in [4.69, 9.17) is 23.2 Å². The molecular weight excluding hydrogens is 199 g/mol. The predicted octanol–water partition coefficient (Wildman–Crippen LogP) is 2.87. The quantitative estimate of drug-likeness (QED) is 0.581. The summed E-state index contributed by atoms with van der Waals surface area (Å²) < 4.78 is 0. The highest BCUT2D eigenvalue weighted by atomic mass is 79.9. The molecule has 0 aromatic rings. The van der Waals surface area contributed by atoms with Gasteiger partial charge >= 0.3 is 0 Å². The van der Waals surface area contributed by atoms with Crippen molar-refractivity contribution >= 4 is 39.1 Å². The Hall–Kier alpha value is 1.06. The summed E-state index contributed by atoms with van der Waals surface area (Å²) in [5.41, 5.74) is 0. The summed E-state index contributed by atoms with van der Waals surface area (Å²) in [7, 11) is 0. The smallest absolute Gasteiger partial charge is 0.0359 e. The molecule has 0 atom stereocenters. The van der Waals surface area contributed by atoms with Gasteiger partial charge in [0.2, 0.25) is 0 Å². The maximum absolute atomic E-state index is 5.05. The molecule has 0 aromatic heterocycles. The van der Waals surface area contributed by atoms with Gasteiger partial charge in [0.15, 0.2) is 0 Å². The lowest BCUT2D eigenvalue weighted by atomic mass is 11.0. The zero-order valence-electron chi connectivity index (χ0n) is 4.26. The zero-order chi connectivity index (χ0) is 6.12. The second kappa shape index (κ2) is 15.7. The fraction of sp³-hybridized carbons (Fsp3) is 1.00. The van der Waals surface area contributed by atoms with Crippen molar-refractivity contribution < 1.29 is 0 Å². The molecule has 0 aliphatic rings. The van der Waals surface area contributed by atoms with Gasteiger partial charge in [-0.15, -0.1) is 23.2 Å². The summed E-state index contributed by atoms with van der Waals surface area (Å²) in [4.78, 5) is 0. The maximum Gasteiger partial charge on any atom is 0.0359 e. The third-order valence-electron chi connectivity index (χ3n) is 0.0714. The molecule has 0 nitrogen and oxygen atoms in total. The molecule has 0 saturated heterocycles. The molecule has 46 valence electrons. The average molecular weight is 208 g/mol. The van der Waals surface area contributed by atoms with E-state index in [1.807, 2.05) is 6.92 Å². The van der Waals surface area contributed by atoms with E-state index in [2.05, 4.69) is 15.9 Å². The molecule has 0 N–H and O–H groups in total. The van der Waals surface area contributed by atoms with Crippen LogP contribution in [0.1, 0.15) is 6.92 Å². The van der Waals surface area contributed by atoms with Crippen molar-refractivity contribution in [2.24, 2.45) is 0 Å². The van der Waals surface area contributed by atoms with Crippen molar-refractivity contribution in [1.29, 1.82) is 0 Å². The second-order valence-electron chi connectivity index (χ2n) is 0.645. The molecule has 0 aromatic carbocycles. The first kappa shape index (κ1) is 10.9. The lowest BCUT2D eigenvalue weighted by molar-refractivity contribution is 1.52. The van der Waals surface area contributed by atoms with E-state index in [0.717, 1.165) is 5.33 Å². The van der Waals surface area contributed by atoms with Gasteiger partial charge in [-0.3, -0.25) is 0 Å². The Morgan fingerprint density at radius 3 is 1.43 bits per heavy atom. The Balaban J connectivity index is 0. The molecule has 0 heterocycles. The van der Waals surface area contributed by atoms with Crippen LogP contribution in [0.25, 0.3) is 0 Å². The van der Waals surface area contributed by atoms with Crippen molar-refractivity contribution in [3.63, 3.8) is 0 Å². The van der Waals surface area contributed by atoms with E-state index >= 15 is 0 Å². The summed E-state index contributed by atoms with van der Waals surface area (Å²) >= 11 is 13.3. The molecule has 0 amide bonds. The minimum absolute atomic E-state index is 0.557. The number of hydrogen-bond donors (Lipinski definition) is 0. The number of alkyl halides is 3. The Kier molecular flexibility index (Phi) is 24.6. The van der Waals surface area contributed by atoms with Gasteiger partial charge < -0.3 is 0 Å². The highest BCUT2D eigenvalue weighted by molar-refractivity contribution is 9.09. The van der Waals surface area contributed by atoms with Crippen LogP contribution in [0.3, 0.4) is 0 Å². The molecule has 3 heteroatoms. The lowest BCUT2D eigenvalue weighted by Gasteiger charge is -1.63. The van der Waals surface area contributed by atoms with Crippen molar-refractivity contribution in [2.75, 3.05) is 17.1 Å². The van der Waals surface area contributed by atoms with E-state index in [0.29, 0.717) is 11.8 Å². The van der Waals surface area contributed by atoms with E-state index in [-0.39, 0.29) is 0 Å². The van der Waals surface area contributed by atoms with Crippen molar-refractivity contribution in [3.8, 4) is 0 Å². The average Bonchev–Trinajstić information content (AvgIpc) is 1.69. The number of hydrogen-bond acceptors (Lipinski definition) is 0. The van der Waals surface area contributed by atoms with Crippen LogP contribution in [-0.4, -0.2) is 17.1 Å². The Labute approximate surface area is 63.3 Å². The van der Waals surface area contributed by atoms with Crippen LogP contribution >= 0.6 is 39.1 Å². The SMILES string of the molecule is CCBr.ClCCCl. The third-order valence-corrected chi connectivity index (χ3v) is 0.643. The van der Waals surface area contributed by atoms with Crippen LogP contribution in [0.5, 0.6) is 0 Å². The fourth-order valence-electron chi connectivity index (χ4n) is 0. The molecule has 7 heavy (non-hydrogen) atoms. The van der Waals surface area contributed by atoms with Gasteiger partial charge in [-0.25, -0.2) is 0 Å². The van der Waals surface area contributed by atoms with Crippen molar-refractivity contribution in [2.45, 2.75) is 6.92 Å². The first-order chi connectivity index (χ1) is 3.33. The van der Waals surface area contributed by atoms with Gasteiger partial charge in [-0.2, -0.15) is 0 Å². The van der Waals surface area contributed by atoms with E-state index in [1.54, 1.807) is 0 Å². The number of rotatable bonds is 1. The van der Waals surface area contributed by atoms with Crippen LogP contribution in [0.4, 0.5) is 0 Å². The molecule has 0 aliphatic carbocycles. The van der Waals surface area contributed by atoms with Crippen LogP contribution in [-0.2, 0) is 0 Å². The molecule has 0 aliphatic heterocycles. The van der Waals surface area contributed by atoms with Gasteiger partial charge in [0.1, 0.15) is 0 Å². The first-order valence-corrected chi connectivity index (χ1v) is 4.20. The topological polar surface area (TPSA) is 0 Å². The minimum Gasteiger partial charge on any atom is -0.125 e. The fourth-order valence-corrected chi connectivity index (χ4v) is 0. The molecule has 0 spiro atoms. The van der Waals surface area contributed by atoms with Crippen LogP contribution in [0, 0.1) is 0 Å². The van der Waals surface area contributed by atoms with Crippen molar-refractivity contribution in [3.05, 3.63) is 0 Å². The monoisotopic (exact) mass is 206 g/mol. The highest BCUT2D eigenvalue weighted by Gasteiger charge is 1.61. The standard InChI is InChI=1S/C2H5Br.C2H4Cl2/c1-2-3;3-1-2-4/h2H2,1H3;1-2H2. The van der Waals surface area contributed by atoms with Crippen LogP contribution in [0.15, 0.2) is 0 Å². The molecule has 0 saturated carbocycles. The van der Waals surface area contributed by atoms with Gasteiger partial charge in [0.05, 0.1) is 0 Å². The predicted molar refractivity (Wildman–Crippen MR) is 40.9 cm³/mol. The van der Waals surface area contributed by atoms with Gasteiger partial charge in [0.25, 0.3) is 0 Å². The molecule has 0 rings (SSSR count). The van der Waals surface area contributed by atoms with Gasteiger partial charge in [-0.1, -0.05) is 22.9 Å². The summed E-state index contributed by atoms with van der Waals surface area (Å²) in [5.74, 6) is 1.11. The molecular formula is C4H9BrCl2. The Bertz CT molecular complexity index is 17.2. The zero-order valence-corrected chi connectivity index (χ0v) is 7.35. The third kappa shape index (κ3) is 42.6. The minimum atomic E-state index is 0.557. The van der Waals surface area contributed by atoms with E-state index in [1.165, 1.54) is 0 Å². The summed E-state index contributed by atoms with van der Waals surface area (Å²) in [6, 6.07) is 0. The second-order valence-corrected chi connectivity index (χ2v) is 2.52. The van der Waals surface area contributed by atoms with Crippen LogP contribution < -0.4 is 0 Å². The summed E-state index contributed by atoms with van der Waals surface area (Å²) in [6.07, 6.45) is 0. The maximum atomic E-state index is 5.05. The Morgan fingerprint density at radius 2 is 1.43 bits per heavy atom. The molecule has 0 radical (unpaired) electrons. The van der Waals surface area contributed by atoms with Crippen molar-refractivity contribution in [1.82, 2.24) is 0 Å². The van der Waals surface area contributed by atoms with Gasteiger partial charge in [0, 0.05) is 17.1 Å².